The van der Waals surface area contributed by atoms with Crippen LogP contribution in [-0.4, -0.2) is 29.6 Å². The third kappa shape index (κ3) is 3.17. The van der Waals surface area contributed by atoms with Crippen LogP contribution in [0.15, 0.2) is 30.3 Å². The van der Waals surface area contributed by atoms with Crippen LogP contribution in [0.4, 0.5) is 0 Å². The van der Waals surface area contributed by atoms with E-state index in [9.17, 15) is 0 Å². The summed E-state index contributed by atoms with van der Waals surface area (Å²) in [5.74, 6) is 0. The van der Waals surface area contributed by atoms with Gasteiger partial charge in [-0.25, -0.2) is 0 Å². The summed E-state index contributed by atoms with van der Waals surface area (Å²) in [5.41, 5.74) is 1.88. The van der Waals surface area contributed by atoms with E-state index in [0.717, 1.165) is 6.54 Å². The maximum atomic E-state index is 3.90. The van der Waals surface area contributed by atoms with Crippen molar-refractivity contribution in [3.05, 3.63) is 35.9 Å². The number of hydrogen-bond donors (Lipinski definition) is 1. The highest BCUT2D eigenvalue weighted by atomic mass is 15.3. The number of nitrogens with zero attached hydrogens (tertiary/aromatic N) is 1. The van der Waals surface area contributed by atoms with Crippen molar-refractivity contribution in [2.45, 2.75) is 70.0 Å². The van der Waals surface area contributed by atoms with Crippen LogP contribution in [0.25, 0.3) is 0 Å². The van der Waals surface area contributed by atoms with Gasteiger partial charge in [-0.2, -0.15) is 0 Å². The molecule has 1 aliphatic heterocycles. The lowest BCUT2D eigenvalue weighted by molar-refractivity contribution is 0.0287. The van der Waals surface area contributed by atoms with E-state index >= 15 is 0 Å². The topological polar surface area (TPSA) is 15.3 Å². The van der Waals surface area contributed by atoms with Crippen molar-refractivity contribution in [1.29, 1.82) is 0 Å². The molecule has 2 atom stereocenters. The molecule has 116 valence electrons. The summed E-state index contributed by atoms with van der Waals surface area (Å²) in [4.78, 5) is 2.77. The molecule has 3 rings (SSSR count). The van der Waals surface area contributed by atoms with Crippen LogP contribution in [-0.2, 0) is 0 Å². The fourth-order valence-electron chi connectivity index (χ4n) is 4.36. The summed E-state index contributed by atoms with van der Waals surface area (Å²) in [7, 11) is 0. The SMILES string of the molecule is CCC(c1ccccc1)N1CC2(CCCCC2)NCC1C. The molecular formula is C19H30N2. The summed E-state index contributed by atoms with van der Waals surface area (Å²) >= 11 is 0. The van der Waals surface area contributed by atoms with Crippen molar-refractivity contribution >= 4 is 0 Å². The fraction of sp³-hybridized carbons (Fsp3) is 0.684. The summed E-state index contributed by atoms with van der Waals surface area (Å²) in [6, 6.07) is 12.3. The molecule has 2 heteroatoms. The third-order valence-electron chi connectivity index (χ3n) is 5.61. The van der Waals surface area contributed by atoms with E-state index in [0.29, 0.717) is 17.6 Å². The van der Waals surface area contributed by atoms with Gasteiger partial charge >= 0.3 is 0 Å². The number of nitrogens with one attached hydrogen (secondary N) is 1. The highest BCUT2D eigenvalue weighted by Crippen LogP contribution is 2.36. The number of rotatable bonds is 3. The summed E-state index contributed by atoms with van der Waals surface area (Å²) in [5, 5.41) is 3.90. The standard InChI is InChI=1S/C19H30N2/c1-3-18(17-10-6-4-7-11-17)21-15-19(20-14-16(21)2)12-8-5-9-13-19/h4,6-7,10-11,16,18,20H,3,5,8-9,12-15H2,1-2H3. The zero-order valence-corrected chi connectivity index (χ0v) is 13.6. The van der Waals surface area contributed by atoms with Crippen molar-refractivity contribution in [3.63, 3.8) is 0 Å². The molecule has 1 saturated heterocycles. The lowest BCUT2D eigenvalue weighted by atomic mass is 9.78. The molecule has 1 aliphatic carbocycles. The Labute approximate surface area is 129 Å². The minimum Gasteiger partial charge on any atom is -0.308 e. The lowest BCUT2D eigenvalue weighted by Crippen LogP contribution is -2.64. The van der Waals surface area contributed by atoms with Gasteiger partial charge in [0.1, 0.15) is 0 Å². The molecule has 0 amide bonds. The van der Waals surface area contributed by atoms with E-state index in [1.165, 1.54) is 50.6 Å². The van der Waals surface area contributed by atoms with Crippen molar-refractivity contribution in [2.75, 3.05) is 13.1 Å². The van der Waals surface area contributed by atoms with Crippen LogP contribution in [0.5, 0.6) is 0 Å². The van der Waals surface area contributed by atoms with E-state index in [4.69, 9.17) is 0 Å². The Morgan fingerprint density at radius 1 is 1.19 bits per heavy atom. The molecule has 0 radical (unpaired) electrons. The average molecular weight is 286 g/mol. The quantitative estimate of drug-likeness (QED) is 0.898. The second kappa shape index (κ2) is 6.50. The first-order chi connectivity index (χ1) is 10.2. The van der Waals surface area contributed by atoms with Crippen LogP contribution in [0.1, 0.15) is 64.0 Å². The molecule has 1 heterocycles. The first kappa shape index (κ1) is 15.1. The second-order valence-electron chi connectivity index (χ2n) is 7.08. The Balaban J connectivity index is 1.80. The van der Waals surface area contributed by atoms with E-state index in [1.807, 2.05) is 0 Å². The molecule has 1 saturated carbocycles. The number of hydrogen-bond acceptors (Lipinski definition) is 2. The molecule has 1 spiro atoms. The Kier molecular flexibility index (Phi) is 4.66. The van der Waals surface area contributed by atoms with Gasteiger partial charge in [0.05, 0.1) is 0 Å². The third-order valence-corrected chi connectivity index (χ3v) is 5.61. The average Bonchev–Trinajstić information content (AvgIpc) is 2.54. The zero-order valence-electron chi connectivity index (χ0n) is 13.6. The van der Waals surface area contributed by atoms with Crippen molar-refractivity contribution in [1.82, 2.24) is 10.2 Å². The molecular weight excluding hydrogens is 256 g/mol. The molecule has 2 unspecified atom stereocenters. The van der Waals surface area contributed by atoms with Gasteiger partial charge in [0.2, 0.25) is 0 Å². The van der Waals surface area contributed by atoms with E-state index in [2.05, 4.69) is 54.4 Å². The molecule has 2 fully saturated rings. The predicted octanol–water partition coefficient (Wildman–Crippen LogP) is 4.13. The number of piperazine rings is 1. The highest BCUT2D eigenvalue weighted by Gasteiger charge is 2.40. The van der Waals surface area contributed by atoms with Gasteiger partial charge in [-0.3, -0.25) is 4.90 Å². The van der Waals surface area contributed by atoms with Crippen molar-refractivity contribution in [2.24, 2.45) is 0 Å². The van der Waals surface area contributed by atoms with Gasteiger partial charge in [0, 0.05) is 30.7 Å². The molecule has 2 nitrogen and oxygen atoms in total. The van der Waals surface area contributed by atoms with E-state index in [1.54, 1.807) is 0 Å². The van der Waals surface area contributed by atoms with E-state index < -0.39 is 0 Å². The van der Waals surface area contributed by atoms with Gasteiger partial charge in [-0.15, -0.1) is 0 Å². The summed E-state index contributed by atoms with van der Waals surface area (Å²) in [6.07, 6.45) is 8.15. The van der Waals surface area contributed by atoms with Gasteiger partial charge < -0.3 is 5.32 Å². The largest absolute Gasteiger partial charge is 0.308 e. The molecule has 2 aliphatic rings. The maximum absolute atomic E-state index is 3.90. The van der Waals surface area contributed by atoms with Crippen LogP contribution in [0.2, 0.25) is 0 Å². The Morgan fingerprint density at radius 2 is 1.90 bits per heavy atom. The van der Waals surface area contributed by atoms with Gasteiger partial charge in [-0.1, -0.05) is 56.5 Å². The van der Waals surface area contributed by atoms with Crippen molar-refractivity contribution < 1.29 is 0 Å². The van der Waals surface area contributed by atoms with E-state index in [-0.39, 0.29) is 0 Å². The fourth-order valence-corrected chi connectivity index (χ4v) is 4.36. The molecule has 1 aromatic rings. The molecule has 0 aromatic heterocycles. The van der Waals surface area contributed by atoms with Crippen LogP contribution >= 0.6 is 0 Å². The van der Waals surface area contributed by atoms with Gasteiger partial charge in [0.25, 0.3) is 0 Å². The smallest absolute Gasteiger partial charge is 0.0349 e. The molecule has 1 N–H and O–H groups in total. The van der Waals surface area contributed by atoms with Crippen LogP contribution in [0.3, 0.4) is 0 Å². The molecule has 0 bridgehead atoms. The Morgan fingerprint density at radius 3 is 2.57 bits per heavy atom. The lowest BCUT2D eigenvalue weighted by Gasteiger charge is -2.51. The molecule has 21 heavy (non-hydrogen) atoms. The minimum atomic E-state index is 0.396. The van der Waals surface area contributed by atoms with Crippen LogP contribution in [0, 0.1) is 0 Å². The first-order valence-corrected chi connectivity index (χ1v) is 8.80. The maximum Gasteiger partial charge on any atom is 0.0349 e. The Hall–Kier alpha value is -0.860. The second-order valence-corrected chi connectivity index (χ2v) is 7.08. The molecule has 1 aromatic carbocycles. The van der Waals surface area contributed by atoms with Gasteiger partial charge in [0.15, 0.2) is 0 Å². The van der Waals surface area contributed by atoms with Crippen molar-refractivity contribution in [3.8, 4) is 0 Å². The normalized spacial score (nSPS) is 27.6. The summed E-state index contributed by atoms with van der Waals surface area (Å²) < 4.78 is 0. The highest BCUT2D eigenvalue weighted by molar-refractivity contribution is 5.20. The monoisotopic (exact) mass is 286 g/mol. The number of benzene rings is 1. The first-order valence-electron chi connectivity index (χ1n) is 8.80. The minimum absolute atomic E-state index is 0.396. The zero-order chi connectivity index (χ0) is 14.7. The predicted molar refractivity (Wildman–Crippen MR) is 89.5 cm³/mol. The Bertz CT molecular complexity index is 436. The summed E-state index contributed by atoms with van der Waals surface area (Å²) in [6.45, 7) is 7.08. The van der Waals surface area contributed by atoms with Gasteiger partial charge in [-0.05, 0) is 31.7 Å². The van der Waals surface area contributed by atoms with Crippen LogP contribution < -0.4 is 5.32 Å².